The van der Waals surface area contributed by atoms with Crippen LogP contribution in [0.3, 0.4) is 0 Å². The molecule has 3 aliphatic rings. The van der Waals surface area contributed by atoms with Crippen LogP contribution < -0.4 is 0 Å². The monoisotopic (exact) mass is 296 g/mol. The largest absolute Gasteiger partial charge is 0.393 e. The molecule has 2 saturated carbocycles. The molecule has 0 heterocycles. The van der Waals surface area contributed by atoms with E-state index in [1.54, 1.807) is 6.08 Å². The maximum absolute atomic E-state index is 10.4. The van der Waals surface area contributed by atoms with Crippen molar-refractivity contribution >= 4 is 0 Å². The molecule has 0 spiro atoms. The van der Waals surface area contributed by atoms with Gasteiger partial charge in [0.2, 0.25) is 0 Å². The van der Waals surface area contributed by atoms with Gasteiger partial charge in [0.1, 0.15) is 0 Å². The first-order valence-electron chi connectivity index (χ1n) is 11.1. The van der Waals surface area contributed by atoms with Crippen molar-refractivity contribution in [3.05, 3.63) is 23.8 Å². The van der Waals surface area contributed by atoms with Crippen LogP contribution in [0.2, 0.25) is 0 Å². The second kappa shape index (κ2) is 4.96. The summed E-state index contributed by atoms with van der Waals surface area (Å²) in [6.45, 7) is -3.82. The molecule has 0 radical (unpaired) electrons. The fourth-order valence-corrected chi connectivity index (χ4v) is 4.73. The van der Waals surface area contributed by atoms with Gasteiger partial charge in [0.15, 0.2) is 0 Å². The summed E-state index contributed by atoms with van der Waals surface area (Å²) in [6, 6.07) is 0. The van der Waals surface area contributed by atoms with Gasteiger partial charge in [0, 0.05) is 8.22 Å². The molecular weight excluding hydrogens is 260 g/mol. The Kier molecular flexibility index (Phi) is 2.25. The third-order valence-corrected chi connectivity index (χ3v) is 5.96. The Bertz CT molecular complexity index is 630. The zero-order valence-electron chi connectivity index (χ0n) is 18.7. The normalized spacial score (nSPS) is 43.9. The molecule has 0 aromatic carbocycles. The molecule has 21 heavy (non-hydrogen) atoms. The molecule has 3 atom stereocenters. The van der Waals surface area contributed by atoms with E-state index in [0.29, 0.717) is 6.42 Å². The van der Waals surface area contributed by atoms with E-state index in [-0.39, 0.29) is 22.9 Å². The molecule has 2 nitrogen and oxygen atoms in total. The maximum atomic E-state index is 10.4. The standard InChI is InChI=1S/C19H30O2/c1-17(2,21)9-5-11-19(12-13-19)16-8-7-14-15(20)6-4-10-18(14,16)3/h5,8-9,14-15,20-21H,4,6-7,10-13H2,1-3H3/t14?,15-,18-/m0/s1/i1D3,2D3. The first-order valence-corrected chi connectivity index (χ1v) is 8.06. The van der Waals surface area contributed by atoms with E-state index >= 15 is 0 Å². The molecule has 0 aromatic heterocycles. The van der Waals surface area contributed by atoms with Gasteiger partial charge in [-0.15, -0.1) is 0 Å². The van der Waals surface area contributed by atoms with Crippen LogP contribution >= 0.6 is 0 Å². The van der Waals surface area contributed by atoms with Gasteiger partial charge in [-0.05, 0) is 75.4 Å². The van der Waals surface area contributed by atoms with Gasteiger partial charge in [-0.25, -0.2) is 0 Å². The number of allylic oxidation sites excluding steroid dienone is 3. The average molecular weight is 296 g/mol. The predicted molar refractivity (Wildman–Crippen MR) is 85.9 cm³/mol. The van der Waals surface area contributed by atoms with Crippen molar-refractivity contribution in [3.63, 3.8) is 0 Å². The van der Waals surface area contributed by atoms with Gasteiger partial charge in [-0.3, -0.25) is 0 Å². The van der Waals surface area contributed by atoms with Crippen molar-refractivity contribution in [1.29, 1.82) is 0 Å². The highest BCUT2D eigenvalue weighted by Crippen LogP contribution is 2.66. The smallest absolute Gasteiger partial charge is 0.0771 e. The highest BCUT2D eigenvalue weighted by Gasteiger charge is 2.56. The van der Waals surface area contributed by atoms with E-state index in [2.05, 4.69) is 13.0 Å². The minimum absolute atomic E-state index is 0.0354. The molecule has 118 valence electrons. The Hall–Kier alpha value is -0.600. The molecule has 0 aromatic rings. The lowest BCUT2D eigenvalue weighted by molar-refractivity contribution is 0.00683. The zero-order valence-corrected chi connectivity index (χ0v) is 12.7. The Morgan fingerprint density at radius 3 is 2.86 bits per heavy atom. The minimum Gasteiger partial charge on any atom is -0.393 e. The average Bonchev–Trinajstić information content (AvgIpc) is 3.19. The van der Waals surface area contributed by atoms with Crippen molar-refractivity contribution < 1.29 is 18.4 Å². The van der Waals surface area contributed by atoms with Crippen LogP contribution in [0, 0.1) is 16.7 Å². The lowest BCUT2D eigenvalue weighted by Gasteiger charge is -2.44. The lowest BCUT2D eigenvalue weighted by Crippen LogP contribution is -2.40. The van der Waals surface area contributed by atoms with Crippen molar-refractivity contribution in [2.45, 2.75) is 77.3 Å². The number of hydrogen-bond donors (Lipinski definition) is 2. The molecule has 0 saturated heterocycles. The molecular formula is C19H30O2. The topological polar surface area (TPSA) is 40.5 Å². The molecule has 2 N–H and O–H groups in total. The summed E-state index contributed by atoms with van der Waals surface area (Å²) in [6.07, 6.45) is 10.7. The summed E-state index contributed by atoms with van der Waals surface area (Å²) >= 11 is 0. The summed E-state index contributed by atoms with van der Waals surface area (Å²) in [7, 11) is 0. The Balaban J connectivity index is 1.79. The maximum Gasteiger partial charge on any atom is 0.0771 e. The summed E-state index contributed by atoms with van der Waals surface area (Å²) in [5.41, 5.74) is -1.61. The number of fused-ring (bicyclic) bond motifs is 1. The summed E-state index contributed by atoms with van der Waals surface area (Å²) in [5, 5.41) is 20.8. The number of rotatable bonds is 4. The third-order valence-electron chi connectivity index (χ3n) is 5.96. The predicted octanol–water partition coefficient (Wildman–Crippen LogP) is 3.98. The third kappa shape index (κ3) is 2.73. The van der Waals surface area contributed by atoms with E-state index in [0.717, 1.165) is 44.6 Å². The fraction of sp³-hybridized carbons (Fsp3) is 0.789. The highest BCUT2D eigenvalue weighted by atomic mass is 16.3. The van der Waals surface area contributed by atoms with Crippen LogP contribution in [-0.2, 0) is 0 Å². The molecule has 1 unspecified atom stereocenters. The SMILES string of the molecule is [2H]C([2H])([2H])C(O)(C=CCC1(C2=CCC3[C@@H](O)CCC[C@]23C)CC1)C([2H])([2H])[2H]. The van der Waals surface area contributed by atoms with Crippen LogP contribution in [0.1, 0.15) is 73.8 Å². The lowest BCUT2D eigenvalue weighted by atomic mass is 9.62. The van der Waals surface area contributed by atoms with Crippen LogP contribution in [0.5, 0.6) is 0 Å². The van der Waals surface area contributed by atoms with Gasteiger partial charge >= 0.3 is 0 Å². The van der Waals surface area contributed by atoms with Crippen molar-refractivity contribution in [2.75, 3.05) is 0 Å². The molecule has 0 bridgehead atoms. The molecule has 2 fully saturated rings. The van der Waals surface area contributed by atoms with E-state index < -0.39 is 19.3 Å². The molecule has 2 heteroatoms. The summed E-state index contributed by atoms with van der Waals surface area (Å²) in [5.74, 6) is 0.240. The molecule has 3 aliphatic carbocycles. The van der Waals surface area contributed by atoms with E-state index in [4.69, 9.17) is 8.22 Å². The van der Waals surface area contributed by atoms with Crippen molar-refractivity contribution in [2.24, 2.45) is 16.7 Å². The van der Waals surface area contributed by atoms with Gasteiger partial charge in [-0.2, -0.15) is 0 Å². The fourth-order valence-electron chi connectivity index (χ4n) is 4.73. The minimum atomic E-state index is -3.03. The van der Waals surface area contributed by atoms with E-state index in [1.807, 2.05) is 0 Å². The van der Waals surface area contributed by atoms with Gasteiger partial charge < -0.3 is 10.2 Å². The van der Waals surface area contributed by atoms with Crippen LogP contribution in [-0.4, -0.2) is 21.9 Å². The van der Waals surface area contributed by atoms with Gasteiger partial charge in [0.25, 0.3) is 0 Å². The Labute approximate surface area is 137 Å². The molecule has 0 amide bonds. The Morgan fingerprint density at radius 2 is 2.19 bits per heavy atom. The number of hydrogen-bond acceptors (Lipinski definition) is 2. The second-order valence-corrected chi connectivity index (χ2v) is 7.49. The molecule has 0 aliphatic heterocycles. The van der Waals surface area contributed by atoms with Crippen molar-refractivity contribution in [3.8, 4) is 0 Å². The number of aliphatic hydroxyl groups excluding tert-OH is 1. The van der Waals surface area contributed by atoms with Crippen LogP contribution in [0.15, 0.2) is 23.8 Å². The Morgan fingerprint density at radius 1 is 1.43 bits per heavy atom. The van der Waals surface area contributed by atoms with E-state index in [9.17, 15) is 10.2 Å². The molecule has 3 rings (SSSR count). The zero-order chi connectivity index (χ0) is 20.3. The van der Waals surface area contributed by atoms with Gasteiger partial charge in [-0.1, -0.05) is 30.7 Å². The van der Waals surface area contributed by atoms with E-state index in [1.165, 1.54) is 5.57 Å². The summed E-state index contributed by atoms with van der Waals surface area (Å²) < 4.78 is 44.8. The number of aliphatic hydroxyl groups is 2. The van der Waals surface area contributed by atoms with Gasteiger partial charge in [0.05, 0.1) is 11.7 Å². The summed E-state index contributed by atoms with van der Waals surface area (Å²) in [4.78, 5) is 0. The van der Waals surface area contributed by atoms with Crippen LogP contribution in [0.4, 0.5) is 0 Å². The second-order valence-electron chi connectivity index (χ2n) is 7.49. The first-order chi connectivity index (χ1) is 12.3. The highest BCUT2D eigenvalue weighted by molar-refractivity contribution is 5.35. The first kappa shape index (κ1) is 9.52. The van der Waals surface area contributed by atoms with Crippen LogP contribution in [0.25, 0.3) is 0 Å². The quantitative estimate of drug-likeness (QED) is 0.770. The van der Waals surface area contributed by atoms with Crippen molar-refractivity contribution in [1.82, 2.24) is 0 Å².